The van der Waals surface area contributed by atoms with Gasteiger partial charge in [-0.1, -0.05) is 6.07 Å². The van der Waals surface area contributed by atoms with Crippen molar-refractivity contribution in [3.05, 3.63) is 63.2 Å². The van der Waals surface area contributed by atoms with Gasteiger partial charge in [-0.25, -0.2) is 0 Å². The van der Waals surface area contributed by atoms with Crippen LogP contribution in [0.2, 0.25) is 0 Å². The highest BCUT2D eigenvalue weighted by molar-refractivity contribution is 5.49. The van der Waals surface area contributed by atoms with Crippen molar-refractivity contribution in [3.63, 3.8) is 0 Å². The van der Waals surface area contributed by atoms with Crippen LogP contribution in [0.3, 0.4) is 0 Å². The van der Waals surface area contributed by atoms with E-state index in [1.54, 1.807) is 25.1 Å². The molecular formula is C15H12N2O3. The van der Waals surface area contributed by atoms with E-state index in [4.69, 9.17) is 10.00 Å². The van der Waals surface area contributed by atoms with Crippen molar-refractivity contribution in [3.8, 4) is 17.6 Å². The largest absolute Gasteiger partial charge is 0.456 e. The zero-order chi connectivity index (χ0) is 14.7. The molecule has 5 nitrogen and oxygen atoms in total. The van der Waals surface area contributed by atoms with Gasteiger partial charge in [-0.3, -0.25) is 10.1 Å². The van der Waals surface area contributed by atoms with Gasteiger partial charge in [0.1, 0.15) is 17.6 Å². The minimum atomic E-state index is -0.438. The van der Waals surface area contributed by atoms with Gasteiger partial charge in [0, 0.05) is 11.6 Å². The fourth-order valence-corrected chi connectivity index (χ4v) is 1.83. The van der Waals surface area contributed by atoms with E-state index in [2.05, 4.69) is 6.07 Å². The highest BCUT2D eigenvalue weighted by Crippen LogP contribution is 2.29. The maximum absolute atomic E-state index is 10.8. The molecule has 0 heterocycles. The van der Waals surface area contributed by atoms with Gasteiger partial charge in [-0.15, -0.1) is 0 Å². The summed E-state index contributed by atoms with van der Waals surface area (Å²) in [7, 11) is 0. The molecule has 0 aromatic heterocycles. The molecule has 0 unspecified atom stereocenters. The Morgan fingerprint density at radius 3 is 2.55 bits per heavy atom. The summed E-state index contributed by atoms with van der Waals surface area (Å²) >= 11 is 0. The van der Waals surface area contributed by atoms with Crippen molar-refractivity contribution >= 4 is 5.69 Å². The lowest BCUT2D eigenvalue weighted by atomic mass is 10.1. The van der Waals surface area contributed by atoms with Crippen molar-refractivity contribution in [1.29, 1.82) is 5.26 Å². The number of hydrogen-bond acceptors (Lipinski definition) is 4. The minimum absolute atomic E-state index is 0.0436. The van der Waals surface area contributed by atoms with E-state index in [0.717, 1.165) is 5.56 Å². The molecule has 0 saturated heterocycles. The monoisotopic (exact) mass is 268 g/mol. The summed E-state index contributed by atoms with van der Waals surface area (Å²) in [6.45, 7) is 3.54. The van der Waals surface area contributed by atoms with Crippen LogP contribution in [0, 0.1) is 35.3 Å². The van der Waals surface area contributed by atoms with Crippen LogP contribution < -0.4 is 4.74 Å². The van der Waals surface area contributed by atoms with E-state index >= 15 is 0 Å². The maximum atomic E-state index is 10.8. The Morgan fingerprint density at radius 2 is 1.95 bits per heavy atom. The number of nitriles is 1. The Balaban J connectivity index is 2.36. The molecule has 0 aliphatic carbocycles. The molecular weight excluding hydrogens is 256 g/mol. The first-order chi connectivity index (χ1) is 9.51. The first kappa shape index (κ1) is 13.6. The van der Waals surface area contributed by atoms with Crippen molar-refractivity contribution in [1.82, 2.24) is 0 Å². The van der Waals surface area contributed by atoms with Crippen molar-refractivity contribution in [2.45, 2.75) is 13.8 Å². The summed E-state index contributed by atoms with van der Waals surface area (Å²) in [6, 6.07) is 11.8. The average Bonchev–Trinajstić information content (AvgIpc) is 2.38. The fourth-order valence-electron chi connectivity index (χ4n) is 1.83. The summed E-state index contributed by atoms with van der Waals surface area (Å²) < 4.78 is 5.65. The van der Waals surface area contributed by atoms with Gasteiger partial charge in [-0.05, 0) is 43.7 Å². The van der Waals surface area contributed by atoms with Crippen LogP contribution in [-0.4, -0.2) is 4.92 Å². The molecule has 2 aromatic rings. The molecule has 5 heteroatoms. The first-order valence-corrected chi connectivity index (χ1v) is 5.95. The second-order valence-electron chi connectivity index (χ2n) is 4.42. The average molecular weight is 268 g/mol. The van der Waals surface area contributed by atoms with Gasteiger partial charge in [-0.2, -0.15) is 5.26 Å². The molecule has 100 valence electrons. The number of nitrogens with zero attached hydrogens (tertiary/aromatic N) is 2. The van der Waals surface area contributed by atoms with Crippen LogP contribution in [0.25, 0.3) is 0 Å². The van der Waals surface area contributed by atoms with E-state index in [1.807, 2.05) is 13.0 Å². The van der Waals surface area contributed by atoms with Gasteiger partial charge >= 0.3 is 0 Å². The third-order valence-electron chi connectivity index (χ3n) is 2.85. The standard InChI is InChI=1S/C15H12N2O3/c1-10-3-4-12(9-16)15(7-10)20-13-5-6-14(17(18)19)11(2)8-13/h3-8H,1-2H3. The Bertz CT molecular complexity index is 718. The Kier molecular flexibility index (Phi) is 3.67. The molecule has 0 radical (unpaired) electrons. The molecule has 0 N–H and O–H groups in total. The minimum Gasteiger partial charge on any atom is -0.456 e. The number of aryl methyl sites for hydroxylation is 2. The molecule has 2 aromatic carbocycles. The molecule has 20 heavy (non-hydrogen) atoms. The molecule has 0 amide bonds. The number of ether oxygens (including phenoxy) is 1. The lowest BCUT2D eigenvalue weighted by molar-refractivity contribution is -0.385. The smallest absolute Gasteiger partial charge is 0.272 e. The van der Waals surface area contributed by atoms with Crippen molar-refractivity contribution in [2.75, 3.05) is 0 Å². The van der Waals surface area contributed by atoms with E-state index in [-0.39, 0.29) is 5.69 Å². The van der Waals surface area contributed by atoms with Crippen LogP contribution in [-0.2, 0) is 0 Å². The predicted molar refractivity (Wildman–Crippen MR) is 73.8 cm³/mol. The van der Waals surface area contributed by atoms with Crippen LogP contribution in [0.1, 0.15) is 16.7 Å². The number of hydrogen-bond donors (Lipinski definition) is 0. The van der Waals surface area contributed by atoms with Gasteiger partial charge in [0.05, 0.1) is 10.5 Å². The first-order valence-electron chi connectivity index (χ1n) is 5.95. The zero-order valence-corrected chi connectivity index (χ0v) is 11.1. The van der Waals surface area contributed by atoms with Gasteiger partial charge < -0.3 is 4.74 Å². The zero-order valence-electron chi connectivity index (χ0n) is 11.1. The molecule has 2 rings (SSSR count). The van der Waals surface area contributed by atoms with Gasteiger partial charge in [0.15, 0.2) is 0 Å². The predicted octanol–water partition coefficient (Wildman–Crippen LogP) is 3.88. The molecule has 0 saturated carbocycles. The van der Waals surface area contributed by atoms with Crippen LogP contribution in [0.4, 0.5) is 5.69 Å². The van der Waals surface area contributed by atoms with Gasteiger partial charge in [0.2, 0.25) is 0 Å². The summed E-state index contributed by atoms with van der Waals surface area (Å²) in [5.74, 6) is 0.913. The molecule has 0 atom stereocenters. The molecule has 0 aliphatic rings. The van der Waals surface area contributed by atoms with Crippen LogP contribution >= 0.6 is 0 Å². The quantitative estimate of drug-likeness (QED) is 0.625. The molecule has 0 bridgehead atoms. The Labute approximate surface area is 116 Å². The lowest BCUT2D eigenvalue weighted by Gasteiger charge is -2.09. The summed E-state index contributed by atoms with van der Waals surface area (Å²) in [6.07, 6.45) is 0. The third kappa shape index (κ3) is 2.75. The van der Waals surface area contributed by atoms with Crippen molar-refractivity contribution in [2.24, 2.45) is 0 Å². The van der Waals surface area contributed by atoms with E-state index in [0.29, 0.717) is 22.6 Å². The summed E-state index contributed by atoms with van der Waals surface area (Å²) in [5.41, 5.74) is 1.95. The topological polar surface area (TPSA) is 76.2 Å². The van der Waals surface area contributed by atoms with Crippen LogP contribution in [0.15, 0.2) is 36.4 Å². The normalized spacial score (nSPS) is 9.85. The lowest BCUT2D eigenvalue weighted by Crippen LogP contribution is -1.93. The SMILES string of the molecule is Cc1ccc(C#N)c(Oc2ccc([N+](=O)[O-])c(C)c2)c1. The molecule has 0 spiro atoms. The summed E-state index contributed by atoms with van der Waals surface area (Å²) in [5, 5.41) is 19.8. The Hall–Kier alpha value is -2.87. The Morgan fingerprint density at radius 1 is 1.20 bits per heavy atom. The van der Waals surface area contributed by atoms with Crippen LogP contribution in [0.5, 0.6) is 11.5 Å². The number of nitro groups is 1. The summed E-state index contributed by atoms with van der Waals surface area (Å²) in [4.78, 5) is 10.3. The van der Waals surface area contributed by atoms with E-state index in [9.17, 15) is 10.1 Å². The highest BCUT2D eigenvalue weighted by Gasteiger charge is 2.12. The fraction of sp³-hybridized carbons (Fsp3) is 0.133. The third-order valence-corrected chi connectivity index (χ3v) is 2.85. The van der Waals surface area contributed by atoms with E-state index < -0.39 is 4.92 Å². The number of nitro benzene ring substituents is 1. The molecule has 0 fully saturated rings. The van der Waals surface area contributed by atoms with Crippen molar-refractivity contribution < 1.29 is 9.66 Å². The maximum Gasteiger partial charge on any atom is 0.272 e. The van der Waals surface area contributed by atoms with Gasteiger partial charge in [0.25, 0.3) is 5.69 Å². The van der Waals surface area contributed by atoms with E-state index in [1.165, 1.54) is 12.1 Å². The number of benzene rings is 2. The number of rotatable bonds is 3. The second kappa shape index (κ2) is 5.41. The second-order valence-corrected chi connectivity index (χ2v) is 4.42. The molecule has 0 aliphatic heterocycles. The highest BCUT2D eigenvalue weighted by atomic mass is 16.6.